The number of carbonyl (C=O) groups excluding carboxylic acids is 1. The van der Waals surface area contributed by atoms with Crippen LogP contribution in [-0.4, -0.2) is 17.7 Å². The van der Waals surface area contributed by atoms with Gasteiger partial charge >= 0.3 is 6.03 Å². The number of nitriles is 1. The van der Waals surface area contributed by atoms with E-state index in [4.69, 9.17) is 5.26 Å². The van der Waals surface area contributed by atoms with Gasteiger partial charge in [-0.1, -0.05) is 18.2 Å². The molecule has 0 saturated carbocycles. The number of benzene rings is 2. The monoisotopic (exact) mass is 299 g/mol. The van der Waals surface area contributed by atoms with Gasteiger partial charge in [0.25, 0.3) is 0 Å². The lowest BCUT2D eigenvalue weighted by Crippen LogP contribution is -2.32. The molecule has 0 aliphatic heterocycles. The number of carbonyl (C=O) groups is 1. The van der Waals surface area contributed by atoms with Crippen LogP contribution in [0.15, 0.2) is 48.5 Å². The summed E-state index contributed by atoms with van der Waals surface area (Å²) in [6.07, 6.45) is -1.13. The standard InChI is InChI=1S/C16H14FN3O2/c17-14-4-2-1-3-13(14)15(21)10-19-16(22)20-12-7-5-11(9-18)6-8-12/h1-8,15,21H,10H2,(H2,19,20,22). The highest BCUT2D eigenvalue weighted by Gasteiger charge is 2.13. The molecule has 5 nitrogen and oxygen atoms in total. The van der Waals surface area contributed by atoms with Gasteiger partial charge in [0, 0.05) is 17.8 Å². The van der Waals surface area contributed by atoms with Crippen LogP contribution in [0, 0.1) is 17.1 Å². The molecule has 2 aromatic carbocycles. The topological polar surface area (TPSA) is 85.2 Å². The summed E-state index contributed by atoms with van der Waals surface area (Å²) < 4.78 is 13.5. The zero-order valence-electron chi connectivity index (χ0n) is 11.6. The van der Waals surface area contributed by atoms with Crippen molar-refractivity contribution >= 4 is 11.7 Å². The van der Waals surface area contributed by atoms with Crippen molar-refractivity contribution in [2.75, 3.05) is 11.9 Å². The van der Waals surface area contributed by atoms with Gasteiger partial charge in [-0.05, 0) is 30.3 Å². The summed E-state index contributed by atoms with van der Waals surface area (Å²) in [5.41, 5.74) is 1.12. The lowest BCUT2D eigenvalue weighted by molar-refractivity contribution is 0.170. The minimum Gasteiger partial charge on any atom is -0.386 e. The lowest BCUT2D eigenvalue weighted by Gasteiger charge is -2.13. The van der Waals surface area contributed by atoms with Gasteiger partial charge in [-0.2, -0.15) is 5.26 Å². The third kappa shape index (κ3) is 4.04. The Morgan fingerprint density at radius 1 is 1.23 bits per heavy atom. The van der Waals surface area contributed by atoms with Crippen molar-refractivity contribution in [1.82, 2.24) is 5.32 Å². The summed E-state index contributed by atoms with van der Waals surface area (Å²) in [4.78, 5) is 11.7. The Hall–Kier alpha value is -2.91. The van der Waals surface area contributed by atoms with Gasteiger partial charge < -0.3 is 15.7 Å². The Labute approximate surface area is 127 Å². The van der Waals surface area contributed by atoms with E-state index in [1.54, 1.807) is 30.3 Å². The van der Waals surface area contributed by atoms with E-state index in [0.717, 1.165) is 0 Å². The maximum absolute atomic E-state index is 13.5. The Morgan fingerprint density at radius 2 is 1.91 bits per heavy atom. The Bertz CT molecular complexity index is 695. The van der Waals surface area contributed by atoms with Crippen LogP contribution in [0.1, 0.15) is 17.2 Å². The largest absolute Gasteiger partial charge is 0.386 e. The maximum Gasteiger partial charge on any atom is 0.319 e. The molecule has 0 bridgehead atoms. The van der Waals surface area contributed by atoms with Crippen LogP contribution in [-0.2, 0) is 0 Å². The van der Waals surface area contributed by atoms with Crippen molar-refractivity contribution in [3.63, 3.8) is 0 Å². The first-order valence-electron chi connectivity index (χ1n) is 6.57. The lowest BCUT2D eigenvalue weighted by atomic mass is 10.1. The Morgan fingerprint density at radius 3 is 2.55 bits per heavy atom. The number of halogens is 1. The first kappa shape index (κ1) is 15.5. The van der Waals surface area contributed by atoms with Gasteiger partial charge in [-0.3, -0.25) is 0 Å². The van der Waals surface area contributed by atoms with E-state index in [1.807, 2.05) is 6.07 Å². The predicted octanol–water partition coefficient (Wildman–Crippen LogP) is 2.55. The van der Waals surface area contributed by atoms with Gasteiger partial charge in [0.1, 0.15) is 5.82 Å². The Balaban J connectivity index is 1.87. The summed E-state index contributed by atoms with van der Waals surface area (Å²) in [7, 11) is 0. The second kappa shape index (κ2) is 7.20. The molecule has 1 unspecified atom stereocenters. The molecule has 0 saturated heterocycles. The van der Waals surface area contributed by atoms with E-state index in [-0.39, 0.29) is 12.1 Å². The highest BCUT2D eigenvalue weighted by Crippen LogP contribution is 2.15. The van der Waals surface area contributed by atoms with Gasteiger partial charge in [0.15, 0.2) is 0 Å². The van der Waals surface area contributed by atoms with E-state index < -0.39 is 18.0 Å². The zero-order valence-corrected chi connectivity index (χ0v) is 11.6. The molecule has 2 rings (SSSR count). The van der Waals surface area contributed by atoms with Crippen LogP contribution in [0.4, 0.5) is 14.9 Å². The van der Waals surface area contributed by atoms with E-state index in [9.17, 15) is 14.3 Å². The van der Waals surface area contributed by atoms with Gasteiger partial charge in [-0.25, -0.2) is 9.18 Å². The summed E-state index contributed by atoms with van der Waals surface area (Å²) in [5, 5.41) is 23.5. The quantitative estimate of drug-likeness (QED) is 0.811. The van der Waals surface area contributed by atoms with Crippen molar-refractivity contribution in [2.24, 2.45) is 0 Å². The molecule has 0 aliphatic carbocycles. The summed E-state index contributed by atoms with van der Waals surface area (Å²) >= 11 is 0. The van der Waals surface area contributed by atoms with Gasteiger partial charge in [0.05, 0.1) is 17.7 Å². The molecule has 0 aromatic heterocycles. The molecule has 6 heteroatoms. The number of hydrogen-bond acceptors (Lipinski definition) is 3. The number of hydrogen-bond donors (Lipinski definition) is 3. The molecule has 0 spiro atoms. The molecule has 22 heavy (non-hydrogen) atoms. The smallest absolute Gasteiger partial charge is 0.319 e. The third-order valence-electron chi connectivity index (χ3n) is 2.99. The molecular formula is C16H14FN3O2. The highest BCUT2D eigenvalue weighted by atomic mass is 19.1. The van der Waals surface area contributed by atoms with E-state index in [1.165, 1.54) is 18.2 Å². The second-order valence-electron chi connectivity index (χ2n) is 4.56. The first-order valence-corrected chi connectivity index (χ1v) is 6.57. The van der Waals surface area contributed by atoms with Crippen LogP contribution < -0.4 is 10.6 Å². The zero-order chi connectivity index (χ0) is 15.9. The number of nitrogens with one attached hydrogen (secondary N) is 2. The SMILES string of the molecule is N#Cc1ccc(NC(=O)NCC(O)c2ccccc2F)cc1. The van der Waals surface area contributed by atoms with Crippen molar-refractivity contribution in [1.29, 1.82) is 5.26 Å². The molecule has 0 heterocycles. The van der Waals surface area contributed by atoms with E-state index in [2.05, 4.69) is 10.6 Å². The van der Waals surface area contributed by atoms with Crippen LogP contribution in [0.5, 0.6) is 0 Å². The van der Waals surface area contributed by atoms with Crippen LogP contribution in [0.2, 0.25) is 0 Å². The molecule has 112 valence electrons. The molecule has 1 atom stereocenters. The fourth-order valence-electron chi connectivity index (χ4n) is 1.85. The number of aliphatic hydroxyl groups is 1. The number of anilines is 1. The Kier molecular flexibility index (Phi) is 5.07. The summed E-state index contributed by atoms with van der Waals surface area (Å²) in [5.74, 6) is -0.524. The van der Waals surface area contributed by atoms with Crippen LogP contribution in [0.3, 0.4) is 0 Å². The molecule has 2 amide bonds. The average Bonchev–Trinajstić information content (AvgIpc) is 2.54. The first-order chi connectivity index (χ1) is 10.6. The fourth-order valence-corrected chi connectivity index (χ4v) is 1.85. The third-order valence-corrected chi connectivity index (χ3v) is 2.99. The number of amides is 2. The van der Waals surface area contributed by atoms with Crippen molar-refractivity contribution in [3.05, 3.63) is 65.5 Å². The average molecular weight is 299 g/mol. The minimum absolute atomic E-state index is 0.122. The fraction of sp³-hybridized carbons (Fsp3) is 0.125. The highest BCUT2D eigenvalue weighted by molar-refractivity contribution is 5.89. The summed E-state index contributed by atoms with van der Waals surface area (Å²) in [6.45, 7) is -0.122. The molecular weight excluding hydrogens is 285 g/mol. The molecule has 2 aromatic rings. The van der Waals surface area contributed by atoms with Crippen LogP contribution >= 0.6 is 0 Å². The second-order valence-corrected chi connectivity index (χ2v) is 4.56. The summed E-state index contributed by atoms with van der Waals surface area (Å²) in [6, 6.07) is 13.6. The normalized spacial score (nSPS) is 11.3. The number of urea groups is 1. The molecule has 0 aliphatic rings. The molecule has 0 radical (unpaired) electrons. The minimum atomic E-state index is -1.13. The van der Waals surface area contributed by atoms with Crippen molar-refractivity contribution in [3.8, 4) is 6.07 Å². The van der Waals surface area contributed by atoms with E-state index >= 15 is 0 Å². The molecule has 0 fully saturated rings. The number of nitrogens with zero attached hydrogens (tertiary/aromatic N) is 1. The maximum atomic E-state index is 13.5. The number of aliphatic hydroxyl groups excluding tert-OH is 1. The van der Waals surface area contributed by atoms with E-state index in [0.29, 0.717) is 11.3 Å². The molecule has 3 N–H and O–H groups in total. The van der Waals surface area contributed by atoms with Gasteiger partial charge in [-0.15, -0.1) is 0 Å². The van der Waals surface area contributed by atoms with Crippen molar-refractivity contribution < 1.29 is 14.3 Å². The van der Waals surface area contributed by atoms with Gasteiger partial charge in [0.2, 0.25) is 0 Å². The number of rotatable bonds is 4. The predicted molar refractivity (Wildman–Crippen MR) is 79.5 cm³/mol. The van der Waals surface area contributed by atoms with Crippen LogP contribution in [0.25, 0.3) is 0 Å². The van der Waals surface area contributed by atoms with Crippen molar-refractivity contribution in [2.45, 2.75) is 6.10 Å².